The zero-order chi connectivity index (χ0) is 15.6. The van der Waals surface area contributed by atoms with Gasteiger partial charge in [0.1, 0.15) is 11.5 Å². The summed E-state index contributed by atoms with van der Waals surface area (Å²) in [7, 11) is 3.23. The first kappa shape index (κ1) is 16.5. The summed E-state index contributed by atoms with van der Waals surface area (Å²) < 4.78 is 11.6. The fourth-order valence-corrected chi connectivity index (χ4v) is 3.22. The van der Waals surface area contributed by atoms with E-state index in [4.69, 9.17) is 32.7 Å². The summed E-state index contributed by atoms with van der Waals surface area (Å²) in [4.78, 5) is 0. The normalized spacial score (nSPS) is 12.1. The fraction of sp³-hybridized carbons (Fsp3) is 0.250. The maximum absolute atomic E-state index is 6.66. The topological polar surface area (TPSA) is 18.5 Å². The van der Waals surface area contributed by atoms with Crippen molar-refractivity contribution < 1.29 is 9.47 Å². The summed E-state index contributed by atoms with van der Waals surface area (Å²) in [6, 6.07) is 9.43. The highest BCUT2D eigenvalue weighted by atomic mass is 79.9. The average molecular weight is 390 g/mol. The van der Waals surface area contributed by atoms with Gasteiger partial charge in [0.05, 0.1) is 24.1 Å². The predicted molar refractivity (Wildman–Crippen MR) is 91.1 cm³/mol. The van der Waals surface area contributed by atoms with Crippen LogP contribution in [0.15, 0.2) is 34.8 Å². The lowest BCUT2D eigenvalue weighted by Crippen LogP contribution is -2.01. The van der Waals surface area contributed by atoms with Crippen molar-refractivity contribution in [2.75, 3.05) is 14.2 Å². The van der Waals surface area contributed by atoms with Gasteiger partial charge in [0.15, 0.2) is 0 Å². The second-order valence-electron chi connectivity index (χ2n) is 4.55. The van der Waals surface area contributed by atoms with Crippen molar-refractivity contribution in [2.45, 2.75) is 12.3 Å². The molecule has 21 heavy (non-hydrogen) atoms. The molecule has 2 nitrogen and oxygen atoms in total. The van der Waals surface area contributed by atoms with Gasteiger partial charge in [-0.25, -0.2) is 0 Å². The summed E-state index contributed by atoms with van der Waals surface area (Å²) >= 11 is 16.3. The Bertz CT molecular complexity index is 659. The van der Waals surface area contributed by atoms with Crippen molar-refractivity contribution in [3.8, 4) is 11.5 Å². The van der Waals surface area contributed by atoms with Gasteiger partial charge in [-0.15, -0.1) is 11.6 Å². The molecule has 2 aromatic rings. The second-order valence-corrected chi connectivity index (χ2v) is 6.24. The molecule has 0 saturated heterocycles. The van der Waals surface area contributed by atoms with E-state index in [1.807, 2.05) is 37.3 Å². The third kappa shape index (κ3) is 3.31. The second kappa shape index (κ2) is 6.91. The van der Waals surface area contributed by atoms with E-state index >= 15 is 0 Å². The Morgan fingerprint density at radius 1 is 1.05 bits per heavy atom. The quantitative estimate of drug-likeness (QED) is 0.619. The van der Waals surface area contributed by atoms with Crippen LogP contribution in [-0.2, 0) is 0 Å². The van der Waals surface area contributed by atoms with Gasteiger partial charge in [-0.1, -0.05) is 23.7 Å². The molecular formula is C16H15BrCl2O2. The van der Waals surface area contributed by atoms with Gasteiger partial charge in [0.2, 0.25) is 0 Å². The Morgan fingerprint density at radius 2 is 1.71 bits per heavy atom. The van der Waals surface area contributed by atoms with Crippen LogP contribution in [0.1, 0.15) is 22.1 Å². The maximum atomic E-state index is 6.66. The molecule has 112 valence electrons. The molecule has 0 aliphatic carbocycles. The fourth-order valence-electron chi connectivity index (χ4n) is 2.15. The van der Waals surface area contributed by atoms with Gasteiger partial charge in [-0.05, 0) is 52.2 Å². The van der Waals surface area contributed by atoms with Crippen LogP contribution in [0.2, 0.25) is 5.02 Å². The number of benzene rings is 2. The molecule has 0 N–H and O–H groups in total. The van der Waals surface area contributed by atoms with E-state index in [1.54, 1.807) is 14.2 Å². The number of hydrogen-bond donors (Lipinski definition) is 0. The molecule has 0 radical (unpaired) electrons. The van der Waals surface area contributed by atoms with Crippen molar-refractivity contribution in [1.29, 1.82) is 0 Å². The van der Waals surface area contributed by atoms with Gasteiger partial charge in [0, 0.05) is 10.6 Å². The Morgan fingerprint density at radius 3 is 2.33 bits per heavy atom. The lowest BCUT2D eigenvalue weighted by molar-refractivity contribution is 0.397. The van der Waals surface area contributed by atoms with Gasteiger partial charge < -0.3 is 9.47 Å². The lowest BCUT2D eigenvalue weighted by Gasteiger charge is -2.18. The monoisotopic (exact) mass is 388 g/mol. The average Bonchev–Trinajstić information content (AvgIpc) is 2.49. The first-order valence-electron chi connectivity index (χ1n) is 6.30. The maximum Gasteiger partial charge on any atom is 0.133 e. The highest BCUT2D eigenvalue weighted by molar-refractivity contribution is 9.10. The predicted octanol–water partition coefficient (Wildman–Crippen LogP) is 5.76. The lowest BCUT2D eigenvalue weighted by atomic mass is 9.99. The Kier molecular flexibility index (Phi) is 5.42. The number of halogens is 3. The molecule has 2 aromatic carbocycles. The van der Waals surface area contributed by atoms with Gasteiger partial charge in [0.25, 0.3) is 0 Å². The first-order valence-corrected chi connectivity index (χ1v) is 7.90. The molecule has 0 spiro atoms. The minimum Gasteiger partial charge on any atom is -0.496 e. The van der Waals surface area contributed by atoms with Crippen molar-refractivity contribution in [2.24, 2.45) is 0 Å². The third-order valence-electron chi connectivity index (χ3n) is 3.36. The van der Waals surface area contributed by atoms with Crippen LogP contribution in [0.3, 0.4) is 0 Å². The van der Waals surface area contributed by atoms with Gasteiger partial charge in [-0.3, -0.25) is 0 Å². The molecule has 0 aliphatic heterocycles. The van der Waals surface area contributed by atoms with E-state index in [-0.39, 0.29) is 5.38 Å². The van der Waals surface area contributed by atoms with Crippen LogP contribution >= 0.6 is 39.1 Å². The Hall–Kier alpha value is -0.900. The van der Waals surface area contributed by atoms with Crippen LogP contribution in [0.25, 0.3) is 0 Å². The van der Waals surface area contributed by atoms with E-state index in [0.717, 1.165) is 21.2 Å². The highest BCUT2D eigenvalue weighted by Gasteiger charge is 2.20. The molecule has 5 heteroatoms. The molecule has 1 unspecified atom stereocenters. The standard InChI is InChI=1S/C16H15BrCl2O2/c1-9-10(5-4-6-13(9)18)16(19)11-7-15(21-3)12(17)8-14(11)20-2/h4-8,16H,1-3H3. The molecule has 1 atom stereocenters. The summed E-state index contributed by atoms with van der Waals surface area (Å²) in [5.41, 5.74) is 2.75. The van der Waals surface area contributed by atoms with Crippen molar-refractivity contribution in [1.82, 2.24) is 0 Å². The molecule has 0 bridgehead atoms. The van der Waals surface area contributed by atoms with Crippen LogP contribution in [0, 0.1) is 6.92 Å². The molecule has 0 aromatic heterocycles. The zero-order valence-corrected chi connectivity index (χ0v) is 15.0. The summed E-state index contributed by atoms with van der Waals surface area (Å²) in [6.45, 7) is 1.95. The van der Waals surface area contributed by atoms with Crippen LogP contribution in [0.4, 0.5) is 0 Å². The molecule has 2 rings (SSSR count). The molecule has 0 saturated carbocycles. The van der Waals surface area contributed by atoms with E-state index in [9.17, 15) is 0 Å². The molecule has 0 amide bonds. The Labute approximate surface area is 143 Å². The number of ether oxygens (including phenoxy) is 2. The van der Waals surface area contributed by atoms with Gasteiger partial charge in [-0.2, -0.15) is 0 Å². The summed E-state index contributed by atoms with van der Waals surface area (Å²) in [6.07, 6.45) is 0. The smallest absolute Gasteiger partial charge is 0.133 e. The van der Waals surface area contributed by atoms with E-state index in [2.05, 4.69) is 15.9 Å². The van der Waals surface area contributed by atoms with Gasteiger partial charge >= 0.3 is 0 Å². The van der Waals surface area contributed by atoms with Crippen molar-refractivity contribution >= 4 is 39.1 Å². The largest absolute Gasteiger partial charge is 0.496 e. The minimum absolute atomic E-state index is 0.374. The van der Waals surface area contributed by atoms with E-state index < -0.39 is 0 Å². The Balaban J connectivity index is 2.56. The number of alkyl halides is 1. The van der Waals surface area contributed by atoms with E-state index in [1.165, 1.54) is 0 Å². The minimum atomic E-state index is -0.374. The van der Waals surface area contributed by atoms with Crippen LogP contribution in [-0.4, -0.2) is 14.2 Å². The molecule has 0 fully saturated rings. The third-order valence-corrected chi connectivity index (χ3v) is 4.86. The molecule has 0 heterocycles. The van der Waals surface area contributed by atoms with Crippen molar-refractivity contribution in [3.63, 3.8) is 0 Å². The molecule has 0 aliphatic rings. The number of rotatable bonds is 4. The molecular weight excluding hydrogens is 375 g/mol. The van der Waals surface area contributed by atoms with Crippen LogP contribution in [0.5, 0.6) is 11.5 Å². The highest BCUT2D eigenvalue weighted by Crippen LogP contribution is 2.42. The zero-order valence-electron chi connectivity index (χ0n) is 11.9. The van der Waals surface area contributed by atoms with E-state index in [0.29, 0.717) is 16.5 Å². The summed E-state index contributed by atoms with van der Waals surface area (Å²) in [5.74, 6) is 1.40. The summed E-state index contributed by atoms with van der Waals surface area (Å²) in [5, 5.41) is 0.321. The first-order chi connectivity index (χ1) is 9.99. The SMILES string of the molecule is COc1cc(C(Cl)c2cccc(Cl)c2C)c(OC)cc1Br. The number of hydrogen-bond acceptors (Lipinski definition) is 2. The van der Waals surface area contributed by atoms with Crippen molar-refractivity contribution in [3.05, 3.63) is 56.5 Å². The number of methoxy groups -OCH3 is 2. The van der Waals surface area contributed by atoms with Crippen LogP contribution < -0.4 is 9.47 Å².